The Balaban J connectivity index is 0.000000177. The fourth-order valence-electron chi connectivity index (χ4n) is 19.0. The molecule has 8 aliphatic carbocycles. The van der Waals surface area contributed by atoms with Gasteiger partial charge in [-0.3, -0.25) is 0 Å². The van der Waals surface area contributed by atoms with E-state index in [1.807, 2.05) is 0 Å². The lowest BCUT2D eigenvalue weighted by Crippen LogP contribution is -2.68. The molecule has 0 aromatic rings. The zero-order valence-electron chi connectivity index (χ0n) is 42.0. The Morgan fingerprint density at radius 2 is 1.03 bits per heavy atom. The molecule has 0 radical (unpaired) electrons. The summed E-state index contributed by atoms with van der Waals surface area (Å²) in [4.78, 5) is 0. The van der Waals surface area contributed by atoms with Crippen molar-refractivity contribution in [2.24, 2.45) is 92.7 Å². The van der Waals surface area contributed by atoms with E-state index in [4.69, 9.17) is 6.11 Å². The predicted molar refractivity (Wildman–Crippen MR) is 247 cm³/mol. The van der Waals surface area contributed by atoms with Gasteiger partial charge in [-0.05, 0) is 172 Å². The second-order valence-electron chi connectivity index (χ2n) is 25.9. The summed E-state index contributed by atoms with van der Waals surface area (Å²) in [7, 11) is 1.25. The topological polar surface area (TPSA) is 93.5 Å². The van der Waals surface area contributed by atoms with Gasteiger partial charge in [-0.25, -0.2) is 0 Å². The van der Waals surface area contributed by atoms with E-state index >= 15 is 0 Å². The largest absolute Gasteiger partial charge is 0.393 e. The molecule has 0 aromatic carbocycles. The van der Waals surface area contributed by atoms with Crippen molar-refractivity contribution < 1.29 is 26.5 Å². The Labute approximate surface area is 371 Å². The molecule has 1 heterocycles. The molecule has 0 bridgehead atoms. The van der Waals surface area contributed by atoms with Crippen LogP contribution in [0.3, 0.4) is 0 Å². The zero-order valence-corrected chi connectivity index (χ0v) is 41.0. The lowest BCUT2D eigenvalue weighted by Gasteiger charge is -2.65. The summed E-state index contributed by atoms with van der Waals surface area (Å²) in [6.07, 6.45) is 25.5. The van der Waals surface area contributed by atoms with Gasteiger partial charge in [0.05, 0.1) is 30.0 Å². The molecule has 0 amide bonds. The number of fused-ring (bicyclic) bond motifs is 9. The molecule has 9 rings (SSSR count). The molecule has 1 aliphatic heterocycles. The van der Waals surface area contributed by atoms with Crippen molar-refractivity contribution in [2.75, 3.05) is 0 Å². The lowest BCUT2D eigenvalue weighted by molar-refractivity contribution is -0.264. The van der Waals surface area contributed by atoms with Crippen LogP contribution in [-0.2, 0) is 4.74 Å². The summed E-state index contributed by atoms with van der Waals surface area (Å²) >= 11 is 0. The Morgan fingerprint density at radius 1 is 0.567 bits per heavy atom. The fourth-order valence-corrected chi connectivity index (χ4v) is 19.0. The van der Waals surface area contributed by atoms with E-state index in [0.29, 0.717) is 46.5 Å². The van der Waals surface area contributed by atoms with Crippen LogP contribution in [0.2, 0.25) is 0 Å². The summed E-state index contributed by atoms with van der Waals surface area (Å²) in [6, 6.07) is 0. The molecule has 8 saturated carbocycles. The molecule has 1 spiro atoms. The third kappa shape index (κ3) is 7.58. The molecule has 60 heavy (non-hydrogen) atoms. The van der Waals surface area contributed by atoms with Gasteiger partial charge in [0.15, 0.2) is 0 Å². The quantitative estimate of drug-likeness (QED) is 0.164. The monoisotopic (exact) mass is 841 g/mol. The molecule has 9 aliphatic rings. The van der Waals surface area contributed by atoms with Crippen molar-refractivity contribution >= 4 is 0 Å². The third-order valence-corrected chi connectivity index (χ3v) is 22.3. The molecule has 4 N–H and O–H groups in total. The number of rotatable bonds is 10. The first-order valence-electron chi connectivity index (χ1n) is 27.2. The molecule has 5 nitrogen and oxygen atoms in total. The SMILES string of the molecule is CC(C)CCC[C@H](C)C1CCC2C3CC4OC45C[C@@H](O)CC[C@]5(C)C3CC[C@@]21C.CC(C)CCC[C@H](C)C1CCC2C3C[C@@H](O)[C@@]4(O)C[C@@H](O)CC[C@]4(C)C3CC[C@@]21C.[3H]C. The number of aliphatic hydroxyl groups is 4. The van der Waals surface area contributed by atoms with Crippen molar-refractivity contribution in [2.45, 2.75) is 254 Å². The summed E-state index contributed by atoms with van der Waals surface area (Å²) in [5, 5.41) is 43.4. The van der Waals surface area contributed by atoms with E-state index in [9.17, 15) is 20.4 Å². The van der Waals surface area contributed by atoms with E-state index in [1.54, 1.807) is 0 Å². The van der Waals surface area contributed by atoms with Gasteiger partial charge in [0.25, 0.3) is 0 Å². The maximum Gasteiger partial charge on any atom is 0.103 e. The lowest BCUT2D eigenvalue weighted by atomic mass is 9.42. The average molecular weight is 841 g/mol. The Morgan fingerprint density at radius 3 is 1.55 bits per heavy atom. The van der Waals surface area contributed by atoms with Crippen LogP contribution in [0.15, 0.2) is 0 Å². The van der Waals surface area contributed by atoms with Crippen molar-refractivity contribution in [3.8, 4) is 0 Å². The highest BCUT2D eigenvalue weighted by Crippen LogP contribution is 2.75. The maximum atomic E-state index is 11.6. The Hall–Kier alpha value is -0.200. The van der Waals surface area contributed by atoms with Crippen molar-refractivity contribution in [1.82, 2.24) is 0 Å². The average Bonchev–Trinajstić information content (AvgIpc) is 3.59. The first-order chi connectivity index (χ1) is 28.7. The first-order valence-corrected chi connectivity index (χ1v) is 26.2. The van der Waals surface area contributed by atoms with Gasteiger partial charge >= 0.3 is 0 Å². The summed E-state index contributed by atoms with van der Waals surface area (Å²) in [5.41, 5.74) is -0.0294. The molecule has 9 fully saturated rings. The zero-order chi connectivity index (χ0) is 44.5. The van der Waals surface area contributed by atoms with Gasteiger partial charge in [0.1, 0.15) is 5.60 Å². The summed E-state index contributed by atoms with van der Waals surface area (Å²) in [6.45, 7) is 24.5. The molecule has 20 atom stereocenters. The van der Waals surface area contributed by atoms with Gasteiger partial charge in [-0.1, -0.05) is 115 Å². The van der Waals surface area contributed by atoms with E-state index in [0.717, 1.165) is 85.4 Å². The Kier molecular flexibility index (Phi) is 13.3. The molecular weight excluding hydrogens is 741 g/mol. The van der Waals surface area contributed by atoms with E-state index in [-0.39, 0.29) is 17.1 Å². The number of hydrogen-bond acceptors (Lipinski definition) is 5. The highest BCUT2D eigenvalue weighted by Gasteiger charge is 2.76. The second kappa shape index (κ2) is 17.2. The van der Waals surface area contributed by atoms with Gasteiger partial charge in [0, 0.05) is 25.0 Å². The van der Waals surface area contributed by atoms with Crippen LogP contribution in [0.4, 0.5) is 0 Å². The van der Waals surface area contributed by atoms with Crippen LogP contribution in [0.1, 0.15) is 219 Å². The number of epoxide rings is 1. The molecule has 10 unspecified atom stereocenters. The summed E-state index contributed by atoms with van der Waals surface area (Å²) in [5.74, 6) is 9.44. The van der Waals surface area contributed by atoms with Gasteiger partial charge in [-0.15, -0.1) is 0 Å². The van der Waals surface area contributed by atoms with Crippen molar-refractivity contribution in [1.29, 1.82) is 0 Å². The Bertz CT molecular complexity index is 1470. The third-order valence-electron chi connectivity index (χ3n) is 22.3. The van der Waals surface area contributed by atoms with Gasteiger partial charge < -0.3 is 25.2 Å². The molecule has 348 valence electrons. The van der Waals surface area contributed by atoms with Gasteiger partial charge in [-0.2, -0.15) is 0 Å². The van der Waals surface area contributed by atoms with Crippen LogP contribution < -0.4 is 0 Å². The van der Waals surface area contributed by atoms with Gasteiger partial charge in [0.2, 0.25) is 0 Å². The van der Waals surface area contributed by atoms with E-state index < -0.39 is 17.8 Å². The van der Waals surface area contributed by atoms with Crippen LogP contribution in [-0.4, -0.2) is 56.0 Å². The number of hydrogen-bond donors (Lipinski definition) is 4. The van der Waals surface area contributed by atoms with E-state index in [2.05, 4.69) is 69.2 Å². The highest BCUT2D eigenvalue weighted by molar-refractivity contribution is 5.24. The molecule has 5 heteroatoms. The first kappa shape index (κ1) is 46.3. The van der Waals surface area contributed by atoms with Crippen molar-refractivity contribution in [3.05, 3.63) is 0 Å². The minimum Gasteiger partial charge on any atom is -0.393 e. The normalized spacial score (nSPS) is 52.3. The summed E-state index contributed by atoms with van der Waals surface area (Å²) < 4.78 is 12.3. The molecular formula is C55H98O5. The minimum atomic E-state index is -1.11. The van der Waals surface area contributed by atoms with Crippen LogP contribution in [0.5, 0.6) is 0 Å². The highest BCUT2D eigenvalue weighted by atomic mass is 16.6. The van der Waals surface area contributed by atoms with Crippen LogP contribution >= 0.6 is 0 Å². The van der Waals surface area contributed by atoms with Crippen molar-refractivity contribution in [3.63, 3.8) is 0 Å². The maximum absolute atomic E-state index is 11.6. The number of aliphatic hydroxyl groups excluding tert-OH is 3. The molecule has 0 aromatic heterocycles. The standard InChI is InChI=1S/C27H48O3.C27H46O2.CH4/c1-17(2)7-6-8-18(3)21-9-10-22-20-15-24(29)27(30)16-19(28)11-14-26(27,5)23(20)12-13-25(21,22)4;1-17(2)7-6-8-18(3)21-9-10-22-20-15-24-27(29-24)16-19(28)11-14-26(27,5)23(20)12-13-25(21,22)4;/h17-24,28-30H,6-16H2,1-5H3;17-24,28H,6-16H2,1-5H3;1H4/t18-,19-,20?,21?,22?,23?,24+,25+,26+,27-;18-,19-,20?,21?,22?,23?,24?,25+,26+,27?;/m00./s1/i;;1T. The fraction of sp³-hybridized carbons (Fsp3) is 1.00. The smallest absolute Gasteiger partial charge is 0.103 e. The van der Waals surface area contributed by atoms with E-state index in [1.165, 1.54) is 110 Å². The second-order valence-corrected chi connectivity index (χ2v) is 25.9. The van der Waals surface area contributed by atoms with Crippen LogP contribution in [0, 0.1) is 92.7 Å². The predicted octanol–water partition coefficient (Wildman–Crippen LogP) is 12.8. The molecule has 1 saturated heterocycles. The number of ether oxygens (including phenoxy) is 1. The van der Waals surface area contributed by atoms with Crippen LogP contribution in [0.25, 0.3) is 0 Å². The minimum absolute atomic E-state index is 0.0434.